The highest BCUT2D eigenvalue weighted by Gasteiger charge is 2.22. The van der Waals surface area contributed by atoms with Crippen molar-refractivity contribution in [2.75, 3.05) is 0 Å². The van der Waals surface area contributed by atoms with Gasteiger partial charge in [-0.05, 0) is 190 Å². The van der Waals surface area contributed by atoms with Crippen LogP contribution < -0.4 is 0 Å². The van der Waals surface area contributed by atoms with Crippen LogP contribution >= 0.6 is 0 Å². The molecule has 0 spiro atoms. The average Bonchev–Trinajstić information content (AvgIpc) is 1.50. The summed E-state index contributed by atoms with van der Waals surface area (Å²) in [6, 6.07) is 135. The maximum atomic E-state index is 2.41. The molecule has 0 aliphatic heterocycles. The summed E-state index contributed by atoms with van der Waals surface area (Å²) in [6.07, 6.45) is 0. The molecule has 0 atom stereocenters. The third kappa shape index (κ3) is 9.55. The van der Waals surface area contributed by atoms with Gasteiger partial charge in [0.25, 0.3) is 0 Å². The molecule has 19 aromatic rings. The molecule has 1 nitrogen and oxygen atoms in total. The number of nitrogens with zero attached hydrogens (tertiary/aromatic N) is 1. The number of benzene rings is 18. The Morgan fingerprint density at radius 3 is 1.09 bits per heavy atom. The third-order valence-corrected chi connectivity index (χ3v) is 19.6. The van der Waals surface area contributed by atoms with E-state index in [4.69, 9.17) is 0 Å². The summed E-state index contributed by atoms with van der Waals surface area (Å²) in [6.45, 7) is 0. The van der Waals surface area contributed by atoms with Gasteiger partial charge in [-0.25, -0.2) is 0 Å². The van der Waals surface area contributed by atoms with E-state index in [1.165, 1.54) is 181 Å². The van der Waals surface area contributed by atoms with E-state index in [1.807, 2.05) is 0 Å². The van der Waals surface area contributed by atoms with Crippen LogP contribution in [0.2, 0.25) is 0 Å². The summed E-state index contributed by atoms with van der Waals surface area (Å²) in [7, 11) is 0. The fraction of sp³-hybridized carbons (Fsp3) is 0. The lowest BCUT2D eigenvalue weighted by Crippen LogP contribution is -1.93. The summed E-state index contributed by atoms with van der Waals surface area (Å²) in [5.74, 6) is 0. The molecule has 1 aromatic heterocycles. The van der Waals surface area contributed by atoms with Crippen molar-refractivity contribution in [1.82, 2.24) is 4.57 Å². The lowest BCUT2D eigenvalue weighted by molar-refractivity contribution is 1.18. The van der Waals surface area contributed by atoms with Gasteiger partial charge in [0, 0.05) is 16.5 Å². The van der Waals surface area contributed by atoms with Crippen molar-refractivity contribution in [3.8, 4) is 83.6 Å². The Morgan fingerprint density at radius 2 is 0.537 bits per heavy atom. The number of fused-ring (bicyclic) bond motifs is 10. The molecule has 95 heavy (non-hydrogen) atoms. The Hall–Kier alpha value is -12.4. The second-order valence-electron chi connectivity index (χ2n) is 24.9. The first-order valence-electron chi connectivity index (χ1n) is 32.9. The number of para-hydroxylation sites is 2. The number of rotatable bonds is 8. The van der Waals surface area contributed by atoms with E-state index in [9.17, 15) is 0 Å². The van der Waals surface area contributed by atoms with Gasteiger partial charge < -0.3 is 4.57 Å². The highest BCUT2D eigenvalue weighted by atomic mass is 15.0. The normalized spacial score (nSPS) is 11.6. The smallest absolute Gasteiger partial charge is 0.0547 e. The molecule has 19 rings (SSSR count). The van der Waals surface area contributed by atoms with Gasteiger partial charge in [-0.3, -0.25) is 0 Å². The van der Waals surface area contributed by atoms with Crippen LogP contribution in [0.15, 0.2) is 370 Å². The van der Waals surface area contributed by atoms with Gasteiger partial charge in [0.05, 0.1) is 11.0 Å². The minimum Gasteiger partial charge on any atom is -0.309 e. The summed E-state index contributed by atoms with van der Waals surface area (Å²) in [5, 5.41) is 20.3. The average molecular weight is 1200 g/mol. The second-order valence-corrected chi connectivity index (χ2v) is 24.9. The Balaban J connectivity index is 0.000000139. The van der Waals surface area contributed by atoms with Crippen LogP contribution in [0, 0.1) is 0 Å². The molecule has 1 heterocycles. The Labute approximate surface area is 552 Å². The van der Waals surface area contributed by atoms with E-state index >= 15 is 0 Å². The van der Waals surface area contributed by atoms with E-state index in [-0.39, 0.29) is 0 Å². The molecule has 0 N–H and O–H groups in total. The zero-order valence-corrected chi connectivity index (χ0v) is 52.2. The zero-order chi connectivity index (χ0) is 62.8. The van der Waals surface area contributed by atoms with Crippen molar-refractivity contribution in [3.63, 3.8) is 0 Å². The lowest BCUT2D eigenvalue weighted by atomic mass is 9.83. The predicted octanol–water partition coefficient (Wildman–Crippen LogP) is 26.2. The molecule has 0 saturated heterocycles. The molecule has 0 saturated carbocycles. The third-order valence-electron chi connectivity index (χ3n) is 19.6. The first kappa shape index (κ1) is 55.4. The van der Waals surface area contributed by atoms with Crippen molar-refractivity contribution < 1.29 is 0 Å². The maximum Gasteiger partial charge on any atom is 0.0547 e. The number of aromatic nitrogens is 1. The zero-order valence-electron chi connectivity index (χ0n) is 52.2. The molecule has 1 heteroatoms. The molecule has 0 radical (unpaired) electrons. The number of hydrogen-bond donors (Lipinski definition) is 0. The minimum absolute atomic E-state index is 1.17. The van der Waals surface area contributed by atoms with Gasteiger partial charge in [-0.2, -0.15) is 0 Å². The summed E-state index contributed by atoms with van der Waals surface area (Å²) >= 11 is 0. The van der Waals surface area contributed by atoms with Crippen LogP contribution in [0.1, 0.15) is 0 Å². The van der Waals surface area contributed by atoms with Crippen molar-refractivity contribution in [3.05, 3.63) is 370 Å². The fourth-order valence-corrected chi connectivity index (χ4v) is 15.3. The minimum atomic E-state index is 1.17. The Bertz CT molecular complexity index is 6070. The molecule has 0 aliphatic rings. The van der Waals surface area contributed by atoms with Crippen molar-refractivity contribution in [2.45, 2.75) is 0 Å². The molecule has 0 aliphatic carbocycles. The largest absolute Gasteiger partial charge is 0.309 e. The Kier molecular flexibility index (Phi) is 13.6. The lowest BCUT2D eigenvalue weighted by Gasteiger charge is -2.20. The van der Waals surface area contributed by atoms with E-state index in [2.05, 4.69) is 375 Å². The van der Waals surface area contributed by atoms with Gasteiger partial charge in [0.1, 0.15) is 0 Å². The van der Waals surface area contributed by atoms with Crippen molar-refractivity contribution in [2.24, 2.45) is 0 Å². The van der Waals surface area contributed by atoms with Crippen LogP contribution in [-0.4, -0.2) is 4.57 Å². The summed E-state index contributed by atoms with van der Waals surface area (Å²) in [5.41, 5.74) is 21.1. The highest BCUT2D eigenvalue weighted by molar-refractivity contribution is 6.25. The van der Waals surface area contributed by atoms with E-state index in [1.54, 1.807) is 0 Å². The fourth-order valence-electron chi connectivity index (χ4n) is 15.3. The molecule has 0 unspecified atom stereocenters. The standard InChI is InChI=1S/C48H31N.C46H30/c1-2-15-36(16-3-1)49-45-24-11-10-18-38(45)39-30-29-35(31-46(39)49)32-25-27-34(28-26-32)47-41-19-6-8-21-43(41)48(44-22-9-7-20-42(44)47)40-23-12-14-33-13-4-5-17-37(33)40;1-2-14-33(15-3-1)44-30-36(27-28-38(44)35-26-25-31-13-4-5-17-34(31)29-35)45-40-20-8-10-22-42(40)46(43-23-11-9-21-41(43)45)39-24-12-18-32-16-6-7-19-37(32)39/h1-31H;1-30H. The van der Waals surface area contributed by atoms with Gasteiger partial charge in [0.15, 0.2) is 0 Å². The molecular formula is C94H61N. The van der Waals surface area contributed by atoms with Crippen LogP contribution in [0.5, 0.6) is 0 Å². The SMILES string of the molecule is c1ccc(-c2cc(-c3c4ccccc4c(-c4cccc5ccccc45)c4ccccc34)ccc2-c2ccc3ccccc3c2)cc1.c1ccc(-n2c3ccccc3c3ccc(-c4ccc(-c5c6ccccc6c(-c6cccc7ccccc67)c6ccccc56)cc4)cc32)cc1. The summed E-state index contributed by atoms with van der Waals surface area (Å²) in [4.78, 5) is 0. The van der Waals surface area contributed by atoms with Crippen LogP contribution in [0.25, 0.3) is 181 Å². The molecule has 0 fully saturated rings. The van der Waals surface area contributed by atoms with E-state index < -0.39 is 0 Å². The van der Waals surface area contributed by atoms with Crippen molar-refractivity contribution in [1.29, 1.82) is 0 Å². The van der Waals surface area contributed by atoms with E-state index in [0.29, 0.717) is 0 Å². The number of hydrogen-bond acceptors (Lipinski definition) is 0. The van der Waals surface area contributed by atoms with Crippen LogP contribution in [0.3, 0.4) is 0 Å². The molecule has 442 valence electrons. The molecular weight excluding hydrogens is 1140 g/mol. The first-order valence-corrected chi connectivity index (χ1v) is 32.9. The van der Waals surface area contributed by atoms with E-state index in [0.717, 1.165) is 0 Å². The van der Waals surface area contributed by atoms with Gasteiger partial charge in [-0.15, -0.1) is 0 Å². The molecule has 18 aromatic carbocycles. The quantitative estimate of drug-likeness (QED) is 0.134. The maximum absolute atomic E-state index is 2.41. The highest BCUT2D eigenvalue weighted by Crippen LogP contribution is 2.49. The van der Waals surface area contributed by atoms with Crippen molar-refractivity contribution >= 4 is 97.2 Å². The van der Waals surface area contributed by atoms with Gasteiger partial charge in [-0.1, -0.05) is 334 Å². The monoisotopic (exact) mass is 1200 g/mol. The second kappa shape index (κ2) is 23.4. The topological polar surface area (TPSA) is 4.93 Å². The molecule has 0 amide bonds. The van der Waals surface area contributed by atoms with Gasteiger partial charge in [0.2, 0.25) is 0 Å². The first-order chi connectivity index (χ1) is 47.2. The van der Waals surface area contributed by atoms with Gasteiger partial charge >= 0.3 is 0 Å². The molecule has 0 bridgehead atoms. The van der Waals surface area contributed by atoms with Crippen LogP contribution in [0.4, 0.5) is 0 Å². The predicted molar refractivity (Wildman–Crippen MR) is 408 cm³/mol. The van der Waals surface area contributed by atoms with Crippen LogP contribution in [-0.2, 0) is 0 Å². The Morgan fingerprint density at radius 1 is 0.147 bits per heavy atom. The summed E-state index contributed by atoms with van der Waals surface area (Å²) < 4.78 is 2.39.